The molecule has 0 atom stereocenters. The van der Waals surface area contributed by atoms with Crippen molar-refractivity contribution in [2.24, 2.45) is 0 Å². The number of hydrogen-bond acceptors (Lipinski definition) is 6. The molecule has 1 N–H and O–H groups in total. The first-order valence-corrected chi connectivity index (χ1v) is 10.7. The molecular formula is C21H12F2N4O2S2. The van der Waals surface area contributed by atoms with Crippen LogP contribution in [-0.2, 0) is 4.79 Å². The summed E-state index contributed by atoms with van der Waals surface area (Å²) in [5, 5.41) is 14.1. The summed E-state index contributed by atoms with van der Waals surface area (Å²) in [6, 6.07) is 13.0. The van der Waals surface area contributed by atoms with Crippen LogP contribution in [0, 0.1) is 23.0 Å². The zero-order valence-corrected chi connectivity index (χ0v) is 17.3. The SMILES string of the molecule is N#Cc1ccsc1NC(=O)CSc1nc2ccccc2c(=O)n1-c1ccc(F)cc1F. The van der Waals surface area contributed by atoms with Crippen molar-refractivity contribution in [1.82, 2.24) is 9.55 Å². The van der Waals surface area contributed by atoms with E-state index in [0.717, 1.165) is 28.5 Å². The summed E-state index contributed by atoms with van der Waals surface area (Å²) in [5.41, 5.74) is 0.0262. The molecule has 31 heavy (non-hydrogen) atoms. The van der Waals surface area contributed by atoms with Gasteiger partial charge in [0.15, 0.2) is 5.16 Å². The Labute approximate surface area is 182 Å². The molecule has 4 aromatic rings. The number of anilines is 1. The highest BCUT2D eigenvalue weighted by Gasteiger charge is 2.18. The average molecular weight is 454 g/mol. The number of nitrogens with one attached hydrogen (secondary N) is 1. The number of aromatic nitrogens is 2. The number of nitriles is 1. The number of para-hydroxylation sites is 1. The minimum atomic E-state index is -0.928. The van der Waals surface area contributed by atoms with Gasteiger partial charge >= 0.3 is 0 Å². The highest BCUT2D eigenvalue weighted by molar-refractivity contribution is 7.99. The lowest BCUT2D eigenvalue weighted by Gasteiger charge is -2.14. The van der Waals surface area contributed by atoms with Crippen LogP contribution in [0.15, 0.2) is 63.9 Å². The van der Waals surface area contributed by atoms with Crippen LogP contribution in [0.1, 0.15) is 5.56 Å². The van der Waals surface area contributed by atoms with E-state index in [1.54, 1.807) is 35.7 Å². The lowest BCUT2D eigenvalue weighted by atomic mass is 10.2. The van der Waals surface area contributed by atoms with E-state index < -0.39 is 23.1 Å². The molecular weight excluding hydrogens is 442 g/mol. The van der Waals surface area contributed by atoms with Gasteiger partial charge < -0.3 is 5.32 Å². The fraction of sp³-hybridized carbons (Fsp3) is 0.0476. The van der Waals surface area contributed by atoms with Gasteiger partial charge in [-0.15, -0.1) is 11.3 Å². The number of carbonyl (C=O) groups excluding carboxylic acids is 1. The minimum Gasteiger partial charge on any atom is -0.316 e. The minimum absolute atomic E-state index is 0.0797. The zero-order valence-electron chi connectivity index (χ0n) is 15.6. The molecule has 154 valence electrons. The van der Waals surface area contributed by atoms with Gasteiger partial charge in [0.1, 0.15) is 22.7 Å². The standard InChI is InChI=1S/C21H12F2N4O2S2/c22-13-5-6-17(15(23)9-13)27-20(29)14-3-1-2-4-16(14)25-21(27)31-11-18(28)26-19-12(10-24)7-8-30-19/h1-9H,11H2,(H,26,28). The maximum Gasteiger partial charge on any atom is 0.266 e. The molecule has 0 fully saturated rings. The van der Waals surface area contributed by atoms with E-state index in [9.17, 15) is 18.4 Å². The van der Waals surface area contributed by atoms with Gasteiger partial charge in [0.05, 0.1) is 27.9 Å². The number of carbonyl (C=O) groups is 1. The number of thioether (sulfide) groups is 1. The maximum atomic E-state index is 14.5. The third-order valence-corrected chi connectivity index (χ3v) is 6.03. The van der Waals surface area contributed by atoms with Crippen LogP contribution in [0.3, 0.4) is 0 Å². The molecule has 0 saturated heterocycles. The summed E-state index contributed by atoms with van der Waals surface area (Å²) in [4.78, 5) is 29.9. The van der Waals surface area contributed by atoms with Crippen molar-refractivity contribution < 1.29 is 13.6 Å². The summed E-state index contributed by atoms with van der Waals surface area (Å²) < 4.78 is 28.9. The number of amides is 1. The van der Waals surface area contributed by atoms with Crippen LogP contribution in [0.5, 0.6) is 0 Å². The Balaban J connectivity index is 1.72. The number of hydrogen-bond donors (Lipinski definition) is 1. The largest absolute Gasteiger partial charge is 0.316 e. The molecule has 1 amide bonds. The number of nitrogens with zero attached hydrogens (tertiary/aromatic N) is 3. The molecule has 4 rings (SSSR count). The number of halogens is 2. The topological polar surface area (TPSA) is 87.8 Å². The first kappa shape index (κ1) is 20.7. The van der Waals surface area contributed by atoms with Crippen LogP contribution < -0.4 is 10.9 Å². The molecule has 0 aliphatic rings. The predicted molar refractivity (Wildman–Crippen MR) is 116 cm³/mol. The van der Waals surface area contributed by atoms with Crippen molar-refractivity contribution in [3.8, 4) is 11.8 Å². The Morgan fingerprint density at radius 2 is 2.03 bits per heavy atom. The lowest BCUT2D eigenvalue weighted by Crippen LogP contribution is -2.23. The third-order valence-electron chi connectivity index (χ3n) is 4.27. The Morgan fingerprint density at radius 3 is 2.81 bits per heavy atom. The monoisotopic (exact) mass is 454 g/mol. The second-order valence-corrected chi connectivity index (χ2v) is 8.12. The summed E-state index contributed by atoms with van der Waals surface area (Å²) in [6.45, 7) is 0. The molecule has 0 radical (unpaired) electrons. The molecule has 0 unspecified atom stereocenters. The maximum absolute atomic E-state index is 14.5. The van der Waals surface area contributed by atoms with Crippen LogP contribution in [0.25, 0.3) is 16.6 Å². The fourth-order valence-corrected chi connectivity index (χ4v) is 4.43. The van der Waals surface area contributed by atoms with E-state index >= 15 is 0 Å². The van der Waals surface area contributed by atoms with Gasteiger partial charge in [0.25, 0.3) is 5.56 Å². The summed E-state index contributed by atoms with van der Waals surface area (Å²) >= 11 is 2.14. The Bertz CT molecular complexity index is 1410. The molecule has 0 aliphatic carbocycles. The first-order valence-electron chi connectivity index (χ1n) is 8.85. The van der Waals surface area contributed by atoms with Gasteiger partial charge in [0, 0.05) is 6.07 Å². The van der Waals surface area contributed by atoms with Crippen molar-refractivity contribution in [2.75, 3.05) is 11.1 Å². The fourth-order valence-electron chi connectivity index (χ4n) is 2.87. The quantitative estimate of drug-likeness (QED) is 0.358. The van der Waals surface area contributed by atoms with Crippen LogP contribution in [0.2, 0.25) is 0 Å². The van der Waals surface area contributed by atoms with Gasteiger partial charge in [0.2, 0.25) is 5.91 Å². The van der Waals surface area contributed by atoms with Crippen molar-refractivity contribution in [3.05, 3.63) is 81.5 Å². The number of thiophene rings is 1. The normalized spacial score (nSPS) is 10.7. The smallest absolute Gasteiger partial charge is 0.266 e. The summed E-state index contributed by atoms with van der Waals surface area (Å²) in [5.74, 6) is -2.27. The number of rotatable bonds is 5. The van der Waals surface area contributed by atoms with Crippen molar-refractivity contribution in [1.29, 1.82) is 5.26 Å². The lowest BCUT2D eigenvalue weighted by molar-refractivity contribution is -0.113. The molecule has 2 aromatic heterocycles. The molecule has 0 spiro atoms. The van der Waals surface area contributed by atoms with Gasteiger partial charge in [-0.3, -0.25) is 14.2 Å². The summed E-state index contributed by atoms with van der Waals surface area (Å²) in [7, 11) is 0. The Hall–Kier alpha value is -3.55. The van der Waals surface area contributed by atoms with Gasteiger partial charge in [-0.1, -0.05) is 23.9 Å². The van der Waals surface area contributed by atoms with Crippen molar-refractivity contribution in [2.45, 2.75) is 5.16 Å². The molecule has 6 nitrogen and oxygen atoms in total. The van der Waals surface area contributed by atoms with Crippen LogP contribution in [-0.4, -0.2) is 21.2 Å². The number of benzene rings is 2. The van der Waals surface area contributed by atoms with Crippen molar-refractivity contribution >= 4 is 44.9 Å². The van der Waals surface area contributed by atoms with E-state index in [0.29, 0.717) is 22.1 Å². The van der Waals surface area contributed by atoms with Crippen molar-refractivity contribution in [3.63, 3.8) is 0 Å². The van der Waals surface area contributed by atoms with Gasteiger partial charge in [-0.05, 0) is 35.7 Å². The predicted octanol–water partition coefficient (Wildman–Crippen LogP) is 4.33. The van der Waals surface area contributed by atoms with Crippen LogP contribution >= 0.6 is 23.1 Å². The Kier molecular flexibility index (Phi) is 5.79. The molecule has 10 heteroatoms. The number of fused-ring (bicyclic) bond motifs is 1. The zero-order chi connectivity index (χ0) is 22.0. The van der Waals surface area contributed by atoms with E-state index in [4.69, 9.17) is 5.26 Å². The highest BCUT2D eigenvalue weighted by atomic mass is 32.2. The first-order chi connectivity index (χ1) is 15.0. The highest BCUT2D eigenvalue weighted by Crippen LogP contribution is 2.25. The van der Waals surface area contributed by atoms with Gasteiger partial charge in [-0.2, -0.15) is 5.26 Å². The van der Waals surface area contributed by atoms with Crippen LogP contribution in [0.4, 0.5) is 13.8 Å². The molecule has 0 bridgehead atoms. The molecule has 0 aliphatic heterocycles. The molecule has 2 aromatic carbocycles. The second-order valence-electron chi connectivity index (χ2n) is 6.26. The van der Waals surface area contributed by atoms with Gasteiger partial charge in [-0.25, -0.2) is 13.8 Å². The third kappa shape index (κ3) is 4.19. The molecule has 0 saturated carbocycles. The second kappa shape index (κ2) is 8.67. The van der Waals surface area contributed by atoms with E-state index in [-0.39, 0.29) is 22.0 Å². The average Bonchev–Trinajstić information content (AvgIpc) is 3.20. The summed E-state index contributed by atoms with van der Waals surface area (Å²) in [6.07, 6.45) is 0. The van der Waals surface area contributed by atoms with E-state index in [1.165, 1.54) is 11.3 Å². The molecule has 2 heterocycles. The van der Waals surface area contributed by atoms with E-state index in [2.05, 4.69) is 10.3 Å². The van der Waals surface area contributed by atoms with E-state index in [1.807, 2.05) is 6.07 Å². The Morgan fingerprint density at radius 1 is 1.23 bits per heavy atom.